The van der Waals surface area contributed by atoms with Crippen LogP contribution in [0.4, 0.5) is 4.79 Å². The van der Waals surface area contributed by atoms with Gasteiger partial charge in [-0.05, 0) is 46.0 Å². The van der Waals surface area contributed by atoms with Crippen LogP contribution in [0.2, 0.25) is 0 Å². The number of hydrogen-bond acceptors (Lipinski definition) is 3. The molecule has 0 radical (unpaired) electrons. The third kappa shape index (κ3) is 3.37. The van der Waals surface area contributed by atoms with Gasteiger partial charge in [0.05, 0.1) is 12.2 Å². The molecule has 16 heavy (non-hydrogen) atoms. The van der Waals surface area contributed by atoms with Crippen LogP contribution in [0.25, 0.3) is 0 Å². The first kappa shape index (κ1) is 11.7. The Bertz CT molecular complexity index is 272. The Labute approximate surface area is 96.7 Å². The number of rotatable bonds is 2. The van der Waals surface area contributed by atoms with Crippen LogP contribution < -0.4 is 5.32 Å². The van der Waals surface area contributed by atoms with E-state index in [1.54, 1.807) is 0 Å². The van der Waals surface area contributed by atoms with E-state index in [0.29, 0.717) is 24.7 Å². The van der Waals surface area contributed by atoms with Gasteiger partial charge in [-0.15, -0.1) is 0 Å². The molecule has 0 aromatic rings. The lowest BCUT2D eigenvalue weighted by molar-refractivity contribution is 0.0516. The summed E-state index contributed by atoms with van der Waals surface area (Å²) in [5, 5.41) is 2.83. The minimum atomic E-state index is -0.415. The highest BCUT2D eigenvalue weighted by Crippen LogP contribution is 2.39. The summed E-state index contributed by atoms with van der Waals surface area (Å²) in [6.45, 7) is 6.32. The molecule has 4 nitrogen and oxygen atoms in total. The molecular formula is C12H21NO3. The number of epoxide rings is 1. The van der Waals surface area contributed by atoms with Gasteiger partial charge in [-0.3, -0.25) is 0 Å². The molecule has 0 aromatic carbocycles. The first-order valence-corrected chi connectivity index (χ1v) is 6.06. The highest BCUT2D eigenvalue weighted by Gasteiger charge is 2.43. The second kappa shape index (κ2) is 4.24. The lowest BCUT2D eigenvalue weighted by atomic mass is 9.89. The van der Waals surface area contributed by atoms with Gasteiger partial charge in [0, 0.05) is 6.54 Å². The van der Waals surface area contributed by atoms with Gasteiger partial charge in [0.15, 0.2) is 0 Å². The Kier molecular flexibility index (Phi) is 3.10. The molecule has 1 amide bonds. The number of carbonyl (C=O) groups is 1. The van der Waals surface area contributed by atoms with Crippen molar-refractivity contribution in [3.05, 3.63) is 0 Å². The molecule has 3 unspecified atom stereocenters. The zero-order valence-electron chi connectivity index (χ0n) is 10.3. The third-order valence-corrected chi connectivity index (χ3v) is 3.05. The van der Waals surface area contributed by atoms with Gasteiger partial charge >= 0.3 is 6.09 Å². The molecule has 0 aromatic heterocycles. The van der Waals surface area contributed by atoms with Crippen molar-refractivity contribution in [1.82, 2.24) is 5.32 Å². The molecule has 2 aliphatic rings. The Hall–Kier alpha value is -0.770. The molecule has 0 bridgehead atoms. The molecule has 1 saturated heterocycles. The molecule has 2 rings (SSSR count). The van der Waals surface area contributed by atoms with Gasteiger partial charge in [0.1, 0.15) is 5.60 Å². The first-order chi connectivity index (χ1) is 7.44. The number of fused-ring (bicyclic) bond motifs is 1. The van der Waals surface area contributed by atoms with Gasteiger partial charge in [-0.25, -0.2) is 4.79 Å². The van der Waals surface area contributed by atoms with Gasteiger partial charge in [-0.2, -0.15) is 0 Å². The van der Waals surface area contributed by atoms with Crippen LogP contribution in [0.15, 0.2) is 0 Å². The van der Waals surface area contributed by atoms with Gasteiger partial charge in [0.2, 0.25) is 0 Å². The molecule has 1 N–H and O–H groups in total. The third-order valence-electron chi connectivity index (χ3n) is 3.05. The van der Waals surface area contributed by atoms with Crippen LogP contribution in [-0.4, -0.2) is 30.4 Å². The highest BCUT2D eigenvalue weighted by atomic mass is 16.6. The monoisotopic (exact) mass is 227 g/mol. The summed E-state index contributed by atoms with van der Waals surface area (Å²) in [4.78, 5) is 11.4. The lowest BCUT2D eigenvalue weighted by Crippen LogP contribution is -2.36. The number of nitrogens with one attached hydrogen (secondary N) is 1. The van der Waals surface area contributed by atoms with Gasteiger partial charge in [0.25, 0.3) is 0 Å². The summed E-state index contributed by atoms with van der Waals surface area (Å²) in [6, 6.07) is 0. The summed E-state index contributed by atoms with van der Waals surface area (Å²) in [5.74, 6) is 0.552. The quantitative estimate of drug-likeness (QED) is 0.735. The number of ether oxygens (including phenoxy) is 2. The number of alkyl carbamates (subject to hydrolysis) is 1. The van der Waals surface area contributed by atoms with E-state index in [9.17, 15) is 4.79 Å². The number of hydrogen-bond donors (Lipinski definition) is 1. The molecule has 1 heterocycles. The molecule has 1 aliphatic heterocycles. The second-order valence-corrected chi connectivity index (χ2v) is 5.77. The summed E-state index contributed by atoms with van der Waals surface area (Å²) in [7, 11) is 0. The molecular weight excluding hydrogens is 206 g/mol. The normalized spacial score (nSPS) is 32.8. The van der Waals surface area contributed by atoms with Crippen molar-refractivity contribution in [3.63, 3.8) is 0 Å². The maximum absolute atomic E-state index is 11.4. The van der Waals surface area contributed by atoms with Crippen LogP contribution in [0.3, 0.4) is 0 Å². The standard InChI is InChI=1S/C12H21NO3/c1-12(2,3)16-11(14)13-7-8-4-5-9-10(6-8)15-9/h8-10H,4-7H2,1-3H3,(H,13,14). The van der Waals surface area contributed by atoms with Crippen molar-refractivity contribution in [2.24, 2.45) is 5.92 Å². The molecule has 4 heteroatoms. The largest absolute Gasteiger partial charge is 0.444 e. The first-order valence-electron chi connectivity index (χ1n) is 6.06. The van der Waals surface area contributed by atoms with E-state index < -0.39 is 5.60 Å². The lowest BCUT2D eigenvalue weighted by Gasteiger charge is -2.22. The van der Waals surface area contributed by atoms with Crippen LogP contribution in [0, 0.1) is 5.92 Å². The minimum absolute atomic E-state index is 0.314. The Morgan fingerprint density at radius 3 is 2.75 bits per heavy atom. The van der Waals surface area contributed by atoms with E-state index in [-0.39, 0.29) is 6.09 Å². The summed E-state index contributed by atoms with van der Waals surface area (Å²) in [5.41, 5.74) is -0.415. The molecule has 92 valence electrons. The predicted molar refractivity (Wildman–Crippen MR) is 60.2 cm³/mol. The Morgan fingerprint density at radius 1 is 1.38 bits per heavy atom. The summed E-state index contributed by atoms with van der Waals surface area (Å²) >= 11 is 0. The fourth-order valence-electron chi connectivity index (χ4n) is 2.21. The van der Waals surface area contributed by atoms with Crippen molar-refractivity contribution in [3.8, 4) is 0 Å². The van der Waals surface area contributed by atoms with E-state index in [4.69, 9.17) is 9.47 Å². The second-order valence-electron chi connectivity index (χ2n) is 5.77. The fourth-order valence-corrected chi connectivity index (χ4v) is 2.21. The van der Waals surface area contributed by atoms with Crippen molar-refractivity contribution in [1.29, 1.82) is 0 Å². The van der Waals surface area contributed by atoms with Crippen molar-refractivity contribution < 1.29 is 14.3 Å². The van der Waals surface area contributed by atoms with Crippen molar-refractivity contribution in [2.75, 3.05) is 6.54 Å². The minimum Gasteiger partial charge on any atom is -0.444 e. The van der Waals surface area contributed by atoms with Gasteiger partial charge in [-0.1, -0.05) is 0 Å². The van der Waals surface area contributed by atoms with E-state index in [1.807, 2.05) is 20.8 Å². The van der Waals surface area contributed by atoms with E-state index >= 15 is 0 Å². The maximum atomic E-state index is 11.4. The Balaban J connectivity index is 1.65. The average Bonchev–Trinajstić information content (AvgIpc) is 2.89. The highest BCUT2D eigenvalue weighted by molar-refractivity contribution is 5.67. The molecule has 3 atom stereocenters. The molecule has 1 saturated carbocycles. The molecule has 2 fully saturated rings. The average molecular weight is 227 g/mol. The number of amides is 1. The van der Waals surface area contributed by atoms with Gasteiger partial charge < -0.3 is 14.8 Å². The molecule has 0 spiro atoms. The summed E-state index contributed by atoms with van der Waals surface area (Å²) < 4.78 is 10.6. The van der Waals surface area contributed by atoms with E-state index in [0.717, 1.165) is 19.3 Å². The van der Waals surface area contributed by atoms with E-state index in [2.05, 4.69) is 5.32 Å². The number of carbonyl (C=O) groups excluding carboxylic acids is 1. The predicted octanol–water partition coefficient (Wildman–Crippen LogP) is 2.08. The zero-order chi connectivity index (χ0) is 11.8. The maximum Gasteiger partial charge on any atom is 0.407 e. The van der Waals surface area contributed by atoms with Crippen LogP contribution in [0.1, 0.15) is 40.0 Å². The zero-order valence-corrected chi connectivity index (χ0v) is 10.3. The van der Waals surface area contributed by atoms with Crippen molar-refractivity contribution >= 4 is 6.09 Å². The molecule has 1 aliphatic carbocycles. The van der Waals surface area contributed by atoms with Crippen molar-refractivity contribution in [2.45, 2.75) is 57.8 Å². The van der Waals surface area contributed by atoms with Crippen LogP contribution in [0.5, 0.6) is 0 Å². The topological polar surface area (TPSA) is 50.9 Å². The fraction of sp³-hybridized carbons (Fsp3) is 0.917. The summed E-state index contributed by atoms with van der Waals surface area (Å²) in [6.07, 6.45) is 4.06. The Morgan fingerprint density at radius 2 is 2.12 bits per heavy atom. The van der Waals surface area contributed by atoms with Crippen LogP contribution >= 0.6 is 0 Å². The van der Waals surface area contributed by atoms with Crippen LogP contribution in [-0.2, 0) is 9.47 Å². The SMILES string of the molecule is CC(C)(C)OC(=O)NCC1CCC2OC2C1. The van der Waals surface area contributed by atoms with E-state index in [1.165, 1.54) is 0 Å². The smallest absolute Gasteiger partial charge is 0.407 e.